The van der Waals surface area contributed by atoms with E-state index in [2.05, 4.69) is 34.9 Å². The van der Waals surface area contributed by atoms with Gasteiger partial charge in [-0.3, -0.25) is 9.59 Å². The summed E-state index contributed by atoms with van der Waals surface area (Å²) in [6.45, 7) is 2.63. The van der Waals surface area contributed by atoms with Crippen molar-refractivity contribution >= 4 is 18.0 Å². The van der Waals surface area contributed by atoms with Gasteiger partial charge in [0.25, 0.3) is 0 Å². The lowest BCUT2D eigenvalue weighted by Gasteiger charge is -2.14. The van der Waals surface area contributed by atoms with E-state index in [1.165, 1.54) is 23.3 Å². The van der Waals surface area contributed by atoms with E-state index in [0.29, 0.717) is 13.0 Å². The third-order valence-corrected chi connectivity index (χ3v) is 5.44. The van der Waals surface area contributed by atoms with Crippen molar-refractivity contribution < 1.29 is 24.2 Å². The summed E-state index contributed by atoms with van der Waals surface area (Å²) in [4.78, 5) is 34.5. The quantitative estimate of drug-likeness (QED) is 0.493. The lowest BCUT2D eigenvalue weighted by molar-refractivity contribution is -0.138. The first-order valence-corrected chi connectivity index (χ1v) is 10.7. The van der Waals surface area contributed by atoms with Crippen LogP contribution in [0.3, 0.4) is 0 Å². The van der Waals surface area contributed by atoms with Crippen molar-refractivity contribution in [3.63, 3.8) is 0 Å². The van der Waals surface area contributed by atoms with Crippen LogP contribution in [0.1, 0.15) is 36.8 Å². The second-order valence-electron chi connectivity index (χ2n) is 7.89. The van der Waals surface area contributed by atoms with E-state index in [1.807, 2.05) is 31.2 Å². The highest BCUT2D eigenvalue weighted by atomic mass is 16.5. The molecule has 2 aromatic rings. The fraction of sp³-hybridized carbons (Fsp3) is 0.320. The molecule has 2 aromatic carbocycles. The zero-order chi connectivity index (χ0) is 22.9. The number of carboxylic acid groups (broad SMARTS) is 1. The first-order chi connectivity index (χ1) is 15.5. The Morgan fingerprint density at radius 1 is 1.03 bits per heavy atom. The van der Waals surface area contributed by atoms with Gasteiger partial charge in [0.2, 0.25) is 5.91 Å². The minimum Gasteiger partial charge on any atom is -0.481 e. The van der Waals surface area contributed by atoms with E-state index in [9.17, 15) is 14.4 Å². The van der Waals surface area contributed by atoms with Gasteiger partial charge in [0.05, 0.1) is 0 Å². The molecular formula is C25H28N2O5. The Morgan fingerprint density at radius 3 is 2.28 bits per heavy atom. The van der Waals surface area contributed by atoms with Crippen LogP contribution in [0, 0.1) is 5.92 Å². The molecule has 0 radical (unpaired) electrons. The van der Waals surface area contributed by atoms with E-state index in [4.69, 9.17) is 9.84 Å². The topological polar surface area (TPSA) is 105 Å². The van der Waals surface area contributed by atoms with Crippen LogP contribution in [-0.4, -0.2) is 42.8 Å². The van der Waals surface area contributed by atoms with E-state index in [-0.39, 0.29) is 37.3 Å². The van der Waals surface area contributed by atoms with Gasteiger partial charge in [-0.1, -0.05) is 61.5 Å². The second kappa shape index (κ2) is 11.1. The molecule has 2 amide bonds. The van der Waals surface area contributed by atoms with Crippen LogP contribution < -0.4 is 10.6 Å². The molecule has 1 aliphatic carbocycles. The Hall–Kier alpha value is -3.61. The lowest BCUT2D eigenvalue weighted by atomic mass is 9.98. The van der Waals surface area contributed by atoms with Gasteiger partial charge < -0.3 is 20.5 Å². The molecule has 168 valence electrons. The molecule has 7 nitrogen and oxygen atoms in total. The lowest BCUT2D eigenvalue weighted by Crippen LogP contribution is -2.27. The molecule has 0 saturated heterocycles. The smallest absolute Gasteiger partial charge is 0.407 e. The minimum absolute atomic E-state index is 0.00186. The number of carbonyl (C=O) groups excluding carboxylic acids is 2. The first-order valence-electron chi connectivity index (χ1n) is 10.7. The molecular weight excluding hydrogens is 408 g/mol. The zero-order valence-electron chi connectivity index (χ0n) is 18.0. The summed E-state index contributed by atoms with van der Waals surface area (Å²) in [5, 5.41) is 14.0. The molecule has 3 N–H and O–H groups in total. The summed E-state index contributed by atoms with van der Waals surface area (Å²) < 4.78 is 5.44. The fourth-order valence-corrected chi connectivity index (χ4v) is 3.86. The van der Waals surface area contributed by atoms with Crippen LogP contribution in [-0.2, 0) is 14.3 Å². The summed E-state index contributed by atoms with van der Waals surface area (Å²) in [6.07, 6.45) is 3.00. The van der Waals surface area contributed by atoms with Crippen LogP contribution in [0.4, 0.5) is 4.79 Å². The maximum Gasteiger partial charge on any atom is 0.407 e. The third kappa shape index (κ3) is 6.20. The molecule has 0 bridgehead atoms. The summed E-state index contributed by atoms with van der Waals surface area (Å²) in [5.74, 6) is -1.14. The Morgan fingerprint density at radius 2 is 1.66 bits per heavy atom. The Labute approximate surface area is 187 Å². The SMILES string of the molecule is CC(CCNC(=O)/C=C/CNC(=O)OCC1c2ccccc2-c2ccccc21)CC(=O)O. The average molecular weight is 437 g/mol. The molecule has 7 heteroatoms. The van der Waals surface area contributed by atoms with E-state index >= 15 is 0 Å². The van der Waals surface area contributed by atoms with Gasteiger partial charge in [0.1, 0.15) is 6.61 Å². The standard InChI is InChI=1S/C25H28N2O5/c1-17(15-24(29)30)12-14-26-23(28)11-6-13-27-25(31)32-16-22-20-9-4-2-7-18(20)19-8-3-5-10-21(19)22/h2-11,17,22H,12-16H2,1H3,(H,26,28)(H,27,31)(H,29,30)/b11-6+. The molecule has 0 heterocycles. The number of carbonyl (C=O) groups is 3. The molecule has 32 heavy (non-hydrogen) atoms. The number of fused-ring (bicyclic) bond motifs is 3. The Bertz CT molecular complexity index is 956. The van der Waals surface area contributed by atoms with E-state index in [0.717, 1.165) is 11.1 Å². The number of rotatable bonds is 10. The third-order valence-electron chi connectivity index (χ3n) is 5.44. The molecule has 1 aliphatic rings. The van der Waals surface area contributed by atoms with Gasteiger partial charge in [-0.05, 0) is 34.6 Å². The van der Waals surface area contributed by atoms with Crippen LogP contribution >= 0.6 is 0 Å². The number of nitrogens with one attached hydrogen (secondary N) is 2. The molecule has 0 fully saturated rings. The van der Waals surface area contributed by atoms with Gasteiger partial charge in [-0.25, -0.2) is 4.79 Å². The number of carboxylic acids is 1. The molecule has 0 aromatic heterocycles. The molecule has 1 atom stereocenters. The first kappa shape index (κ1) is 23.1. The number of hydrogen-bond donors (Lipinski definition) is 3. The molecule has 3 rings (SSSR count). The number of amides is 2. The van der Waals surface area contributed by atoms with Gasteiger partial charge in [-0.2, -0.15) is 0 Å². The van der Waals surface area contributed by atoms with Crippen molar-refractivity contribution in [1.82, 2.24) is 10.6 Å². The average Bonchev–Trinajstić information content (AvgIpc) is 3.08. The molecule has 0 aliphatic heterocycles. The number of aliphatic carboxylic acids is 1. The maximum atomic E-state index is 12.1. The number of alkyl carbamates (subject to hydrolysis) is 1. The molecule has 0 spiro atoms. The summed E-state index contributed by atoms with van der Waals surface area (Å²) in [6, 6.07) is 16.3. The minimum atomic E-state index is -0.844. The van der Waals surface area contributed by atoms with Crippen molar-refractivity contribution in [2.24, 2.45) is 5.92 Å². The van der Waals surface area contributed by atoms with Crippen LogP contribution in [0.15, 0.2) is 60.7 Å². The number of ether oxygens (including phenoxy) is 1. The predicted octanol–water partition coefficient (Wildman–Crippen LogP) is 3.70. The normalized spacial score (nSPS) is 13.3. The Balaban J connectivity index is 1.39. The van der Waals surface area contributed by atoms with Gasteiger partial charge in [0, 0.05) is 31.5 Å². The number of hydrogen-bond acceptors (Lipinski definition) is 4. The van der Waals surface area contributed by atoms with Crippen molar-refractivity contribution in [3.05, 3.63) is 71.8 Å². The predicted molar refractivity (Wildman–Crippen MR) is 121 cm³/mol. The van der Waals surface area contributed by atoms with Crippen molar-refractivity contribution in [2.45, 2.75) is 25.7 Å². The largest absolute Gasteiger partial charge is 0.481 e. The zero-order valence-corrected chi connectivity index (χ0v) is 18.0. The highest BCUT2D eigenvalue weighted by Gasteiger charge is 2.28. The van der Waals surface area contributed by atoms with E-state index < -0.39 is 12.1 Å². The van der Waals surface area contributed by atoms with Crippen molar-refractivity contribution in [2.75, 3.05) is 19.7 Å². The molecule has 1 unspecified atom stereocenters. The van der Waals surface area contributed by atoms with Crippen LogP contribution in [0.25, 0.3) is 11.1 Å². The highest BCUT2D eigenvalue weighted by molar-refractivity contribution is 5.87. The summed E-state index contributed by atoms with van der Waals surface area (Å²) in [7, 11) is 0. The Kier molecular flexibility index (Phi) is 8.02. The monoisotopic (exact) mass is 436 g/mol. The van der Waals surface area contributed by atoms with E-state index in [1.54, 1.807) is 0 Å². The number of benzene rings is 2. The fourth-order valence-electron chi connectivity index (χ4n) is 3.86. The molecule has 0 saturated carbocycles. The highest BCUT2D eigenvalue weighted by Crippen LogP contribution is 2.44. The maximum absolute atomic E-state index is 12.1. The van der Waals surface area contributed by atoms with Gasteiger partial charge in [-0.15, -0.1) is 0 Å². The van der Waals surface area contributed by atoms with Crippen molar-refractivity contribution in [3.8, 4) is 11.1 Å². The van der Waals surface area contributed by atoms with Crippen LogP contribution in [0.5, 0.6) is 0 Å². The summed E-state index contributed by atoms with van der Waals surface area (Å²) >= 11 is 0. The second-order valence-corrected chi connectivity index (χ2v) is 7.89. The van der Waals surface area contributed by atoms with Gasteiger partial charge >= 0.3 is 12.1 Å². The summed E-state index contributed by atoms with van der Waals surface area (Å²) in [5.41, 5.74) is 4.64. The van der Waals surface area contributed by atoms with Crippen molar-refractivity contribution in [1.29, 1.82) is 0 Å². The van der Waals surface area contributed by atoms with Crippen LogP contribution in [0.2, 0.25) is 0 Å². The van der Waals surface area contributed by atoms with Gasteiger partial charge in [0.15, 0.2) is 0 Å².